The molecule has 4 heteroatoms. The zero-order valence-corrected chi connectivity index (χ0v) is 10.3. The third-order valence-corrected chi connectivity index (χ3v) is 2.74. The van der Waals surface area contributed by atoms with E-state index in [9.17, 15) is 4.79 Å². The minimum absolute atomic E-state index is 0.0681. The average Bonchev–Trinajstić information content (AvgIpc) is 2.35. The topological polar surface area (TPSA) is 81.5 Å². The molecule has 0 amide bonds. The molecule has 17 heavy (non-hydrogen) atoms. The number of benzene rings is 1. The number of nitrogens with two attached hydrogens (primary N) is 2. The van der Waals surface area contributed by atoms with Crippen LogP contribution in [0.3, 0.4) is 0 Å². The summed E-state index contributed by atoms with van der Waals surface area (Å²) in [4.78, 5) is 15.8. The van der Waals surface area contributed by atoms with E-state index in [0.29, 0.717) is 6.54 Å². The van der Waals surface area contributed by atoms with Gasteiger partial charge in [-0.2, -0.15) is 0 Å². The summed E-state index contributed by atoms with van der Waals surface area (Å²) in [6, 6.07) is 7.40. The van der Waals surface area contributed by atoms with Crippen molar-refractivity contribution in [1.82, 2.24) is 0 Å². The third kappa shape index (κ3) is 3.90. The van der Waals surface area contributed by atoms with Crippen molar-refractivity contribution in [2.75, 3.05) is 0 Å². The largest absolute Gasteiger partial charge is 0.370 e. The second-order valence-electron chi connectivity index (χ2n) is 4.11. The van der Waals surface area contributed by atoms with Crippen molar-refractivity contribution in [2.45, 2.75) is 26.8 Å². The Morgan fingerprint density at radius 2 is 1.88 bits per heavy atom. The van der Waals surface area contributed by atoms with Crippen LogP contribution in [0.2, 0.25) is 0 Å². The summed E-state index contributed by atoms with van der Waals surface area (Å²) in [5.41, 5.74) is 12.2. The maximum atomic E-state index is 11.9. The molecule has 1 aromatic rings. The zero-order valence-electron chi connectivity index (χ0n) is 10.3. The molecule has 0 fully saturated rings. The van der Waals surface area contributed by atoms with Crippen molar-refractivity contribution in [3.63, 3.8) is 0 Å². The van der Waals surface area contributed by atoms with Crippen LogP contribution in [-0.4, -0.2) is 11.7 Å². The Morgan fingerprint density at radius 1 is 1.29 bits per heavy atom. The summed E-state index contributed by atoms with van der Waals surface area (Å²) in [5, 5.41) is 0. The summed E-state index contributed by atoms with van der Waals surface area (Å²) in [6.45, 7) is 4.39. The van der Waals surface area contributed by atoms with E-state index < -0.39 is 0 Å². The van der Waals surface area contributed by atoms with Crippen molar-refractivity contribution in [2.24, 2.45) is 22.4 Å². The molecule has 92 valence electrons. The monoisotopic (exact) mass is 233 g/mol. The Hall–Kier alpha value is -1.84. The van der Waals surface area contributed by atoms with E-state index in [-0.39, 0.29) is 17.7 Å². The number of carbonyl (C=O) groups is 1. The summed E-state index contributed by atoms with van der Waals surface area (Å²) >= 11 is 0. The summed E-state index contributed by atoms with van der Waals surface area (Å²) in [7, 11) is 0. The molecule has 1 atom stereocenters. The van der Waals surface area contributed by atoms with E-state index in [2.05, 4.69) is 4.99 Å². The van der Waals surface area contributed by atoms with Crippen molar-refractivity contribution < 1.29 is 4.79 Å². The van der Waals surface area contributed by atoms with Gasteiger partial charge in [-0.25, -0.2) is 4.99 Å². The number of ketones is 1. The highest BCUT2D eigenvalue weighted by molar-refractivity contribution is 5.97. The van der Waals surface area contributed by atoms with Crippen molar-refractivity contribution >= 4 is 11.7 Å². The van der Waals surface area contributed by atoms with Crippen LogP contribution in [0, 0.1) is 5.92 Å². The lowest BCUT2D eigenvalue weighted by atomic mass is 9.96. The number of hydrogen-bond donors (Lipinski definition) is 2. The van der Waals surface area contributed by atoms with Gasteiger partial charge in [-0.1, -0.05) is 38.1 Å². The van der Waals surface area contributed by atoms with Gasteiger partial charge in [0.05, 0.1) is 6.54 Å². The van der Waals surface area contributed by atoms with Gasteiger partial charge in [0.1, 0.15) is 0 Å². The van der Waals surface area contributed by atoms with Gasteiger partial charge in [-0.05, 0) is 12.0 Å². The van der Waals surface area contributed by atoms with Crippen LogP contribution in [0.5, 0.6) is 0 Å². The van der Waals surface area contributed by atoms with Gasteiger partial charge in [0.2, 0.25) is 0 Å². The normalized spacial score (nSPS) is 11.9. The SMILES string of the molecule is CCC(C)C(=O)c1ccc(CN=C(N)N)cc1. The summed E-state index contributed by atoms with van der Waals surface area (Å²) in [5.74, 6) is 0.323. The van der Waals surface area contributed by atoms with Crippen molar-refractivity contribution in [1.29, 1.82) is 0 Å². The zero-order chi connectivity index (χ0) is 12.8. The maximum absolute atomic E-state index is 11.9. The van der Waals surface area contributed by atoms with Gasteiger partial charge in [0.15, 0.2) is 11.7 Å². The Labute approximate surface area is 102 Å². The molecule has 1 unspecified atom stereocenters. The molecule has 0 aliphatic carbocycles. The molecule has 0 spiro atoms. The molecule has 4 nitrogen and oxygen atoms in total. The van der Waals surface area contributed by atoms with Crippen molar-refractivity contribution in [3.05, 3.63) is 35.4 Å². The van der Waals surface area contributed by atoms with Gasteiger partial charge in [-0.15, -0.1) is 0 Å². The molecule has 4 N–H and O–H groups in total. The van der Waals surface area contributed by atoms with Gasteiger partial charge >= 0.3 is 0 Å². The average molecular weight is 233 g/mol. The fourth-order valence-corrected chi connectivity index (χ4v) is 1.43. The van der Waals surface area contributed by atoms with E-state index in [1.54, 1.807) is 0 Å². The predicted octanol–water partition coefficient (Wildman–Crippen LogP) is 1.69. The molecule has 0 aliphatic heterocycles. The molecular weight excluding hydrogens is 214 g/mol. The van der Waals surface area contributed by atoms with Crippen LogP contribution >= 0.6 is 0 Å². The van der Waals surface area contributed by atoms with Crippen molar-refractivity contribution in [3.8, 4) is 0 Å². The van der Waals surface area contributed by atoms with Gasteiger partial charge in [0, 0.05) is 11.5 Å². The molecule has 0 aliphatic rings. The van der Waals surface area contributed by atoms with E-state index in [4.69, 9.17) is 11.5 Å². The molecule has 0 heterocycles. The lowest BCUT2D eigenvalue weighted by Gasteiger charge is -2.07. The molecule has 1 aromatic carbocycles. The van der Waals surface area contributed by atoms with Gasteiger partial charge in [-0.3, -0.25) is 4.79 Å². The minimum Gasteiger partial charge on any atom is -0.370 e. The Morgan fingerprint density at radius 3 is 2.35 bits per heavy atom. The fourth-order valence-electron chi connectivity index (χ4n) is 1.43. The molecular formula is C13H19N3O. The highest BCUT2D eigenvalue weighted by Crippen LogP contribution is 2.13. The second kappa shape index (κ2) is 6.03. The highest BCUT2D eigenvalue weighted by atomic mass is 16.1. The lowest BCUT2D eigenvalue weighted by molar-refractivity contribution is 0.0927. The Kier molecular flexibility index (Phi) is 4.69. The first-order valence-electron chi connectivity index (χ1n) is 5.73. The lowest BCUT2D eigenvalue weighted by Crippen LogP contribution is -2.22. The van der Waals surface area contributed by atoms with Crippen LogP contribution in [0.25, 0.3) is 0 Å². The first kappa shape index (κ1) is 13.2. The van der Waals surface area contributed by atoms with E-state index in [0.717, 1.165) is 17.5 Å². The number of carbonyl (C=O) groups excluding carboxylic acids is 1. The first-order valence-corrected chi connectivity index (χ1v) is 5.73. The fraction of sp³-hybridized carbons (Fsp3) is 0.385. The van der Waals surface area contributed by atoms with Crippen LogP contribution in [0.4, 0.5) is 0 Å². The van der Waals surface area contributed by atoms with Gasteiger partial charge in [0.25, 0.3) is 0 Å². The quantitative estimate of drug-likeness (QED) is 0.461. The number of hydrogen-bond acceptors (Lipinski definition) is 2. The van der Waals surface area contributed by atoms with Crippen LogP contribution in [-0.2, 0) is 6.54 Å². The van der Waals surface area contributed by atoms with E-state index in [1.165, 1.54) is 0 Å². The summed E-state index contributed by atoms with van der Waals surface area (Å²) < 4.78 is 0. The minimum atomic E-state index is 0.0681. The van der Waals surface area contributed by atoms with Crippen LogP contribution in [0.1, 0.15) is 36.2 Å². The Balaban J connectivity index is 2.74. The smallest absolute Gasteiger partial charge is 0.186 e. The van der Waals surface area contributed by atoms with Crippen LogP contribution in [0.15, 0.2) is 29.3 Å². The van der Waals surface area contributed by atoms with Gasteiger partial charge < -0.3 is 11.5 Å². The third-order valence-electron chi connectivity index (χ3n) is 2.74. The summed E-state index contributed by atoms with van der Waals surface area (Å²) in [6.07, 6.45) is 0.856. The number of aliphatic imine (C=N–C) groups is 1. The first-order chi connectivity index (χ1) is 8.04. The molecule has 0 bridgehead atoms. The number of guanidine groups is 1. The number of Topliss-reactive ketones (excluding diaryl/α,β-unsaturated/α-hetero) is 1. The van der Waals surface area contributed by atoms with E-state index in [1.807, 2.05) is 38.1 Å². The molecule has 0 radical (unpaired) electrons. The maximum Gasteiger partial charge on any atom is 0.186 e. The molecule has 0 aromatic heterocycles. The molecule has 0 saturated heterocycles. The number of nitrogens with zero attached hydrogens (tertiary/aromatic N) is 1. The molecule has 1 rings (SSSR count). The standard InChI is InChI=1S/C13H19N3O/c1-3-9(2)12(17)11-6-4-10(5-7-11)8-16-13(14)15/h4-7,9H,3,8H2,1-2H3,(H4,14,15,16). The second-order valence-corrected chi connectivity index (χ2v) is 4.11. The number of rotatable bonds is 5. The predicted molar refractivity (Wildman–Crippen MR) is 69.7 cm³/mol. The molecule has 0 saturated carbocycles. The highest BCUT2D eigenvalue weighted by Gasteiger charge is 2.12. The Bertz CT molecular complexity index is 405. The van der Waals surface area contributed by atoms with E-state index >= 15 is 0 Å². The van der Waals surface area contributed by atoms with Crippen LogP contribution < -0.4 is 11.5 Å².